The van der Waals surface area contributed by atoms with E-state index in [0.717, 1.165) is 58.9 Å². The number of hydrogen-bond acceptors (Lipinski definition) is 4. The molecule has 0 radical (unpaired) electrons. The zero-order valence-electron chi connectivity index (χ0n) is 21.5. The minimum absolute atomic E-state index is 0.0176. The van der Waals surface area contributed by atoms with Crippen LogP contribution < -0.4 is 10.6 Å². The molecule has 2 fully saturated rings. The van der Waals surface area contributed by atoms with Gasteiger partial charge in [-0.2, -0.15) is 0 Å². The molecule has 2 amide bonds. The molecular weight excluding hydrogens is 500 g/mol. The lowest BCUT2D eigenvalue weighted by atomic mass is 9.96. The fourth-order valence-electron chi connectivity index (χ4n) is 5.34. The van der Waals surface area contributed by atoms with Crippen molar-refractivity contribution in [1.29, 1.82) is 0 Å². The maximum Gasteiger partial charge on any atom is 0.254 e. The molecule has 0 spiro atoms. The third kappa shape index (κ3) is 5.34. The van der Waals surface area contributed by atoms with Crippen LogP contribution in [0.2, 0.25) is 0 Å². The number of aromatic nitrogens is 2. The summed E-state index contributed by atoms with van der Waals surface area (Å²) in [6.45, 7) is 2.45. The van der Waals surface area contributed by atoms with E-state index in [1.54, 1.807) is 4.90 Å². The Bertz CT molecular complexity index is 1530. The fourth-order valence-corrected chi connectivity index (χ4v) is 5.34. The van der Waals surface area contributed by atoms with Gasteiger partial charge in [-0.3, -0.25) is 9.59 Å². The number of nitrogens with one attached hydrogen (secondary N) is 3. The number of rotatable bonds is 6. The second-order valence-electron chi connectivity index (χ2n) is 10.5. The van der Waals surface area contributed by atoms with E-state index >= 15 is 0 Å². The Morgan fingerprint density at radius 1 is 1.00 bits per heavy atom. The molecule has 200 valence electrons. The van der Waals surface area contributed by atoms with Crippen LogP contribution in [0.1, 0.15) is 43.0 Å². The molecule has 7 nitrogen and oxygen atoms in total. The summed E-state index contributed by atoms with van der Waals surface area (Å²) < 4.78 is 27.2. The van der Waals surface area contributed by atoms with Gasteiger partial charge in [-0.25, -0.2) is 13.8 Å². The van der Waals surface area contributed by atoms with E-state index in [4.69, 9.17) is 0 Å². The number of fused-ring (bicyclic) bond motifs is 1. The Hall–Kier alpha value is -4.27. The molecule has 4 aromatic rings. The topological polar surface area (TPSA) is 90.1 Å². The van der Waals surface area contributed by atoms with Gasteiger partial charge in [0, 0.05) is 53.4 Å². The van der Waals surface area contributed by atoms with Crippen molar-refractivity contribution in [3.63, 3.8) is 0 Å². The SMILES string of the molecule is CC1CC(Nc2ccc(-c3cc(NC(=O)C4CC4)nc4[nH]ccc34)cc2)CCN1C(=O)c1cc(F)cc(F)c1. The second kappa shape index (κ2) is 10.1. The van der Waals surface area contributed by atoms with Gasteiger partial charge in [0.2, 0.25) is 5.91 Å². The molecule has 6 rings (SSSR count). The molecule has 1 saturated heterocycles. The van der Waals surface area contributed by atoms with Crippen molar-refractivity contribution in [3.05, 3.63) is 78.0 Å². The van der Waals surface area contributed by atoms with E-state index in [0.29, 0.717) is 25.2 Å². The van der Waals surface area contributed by atoms with Crippen molar-refractivity contribution in [2.45, 2.75) is 44.7 Å². The maximum absolute atomic E-state index is 13.6. The number of carbonyl (C=O) groups excluding carboxylic acids is 2. The van der Waals surface area contributed by atoms with E-state index in [1.807, 2.05) is 49.5 Å². The summed E-state index contributed by atoms with van der Waals surface area (Å²) in [4.78, 5) is 34.6. The summed E-state index contributed by atoms with van der Waals surface area (Å²) in [5, 5.41) is 7.48. The fraction of sp³-hybridized carbons (Fsp3) is 0.300. The number of likely N-dealkylation sites (tertiary alicyclic amines) is 1. The van der Waals surface area contributed by atoms with Gasteiger partial charge in [-0.1, -0.05) is 12.1 Å². The summed E-state index contributed by atoms with van der Waals surface area (Å²) in [6.07, 6.45) is 5.13. The van der Waals surface area contributed by atoms with E-state index in [-0.39, 0.29) is 35.4 Å². The molecule has 1 aliphatic carbocycles. The molecule has 39 heavy (non-hydrogen) atoms. The first-order chi connectivity index (χ1) is 18.8. The molecule has 2 aromatic heterocycles. The number of hydrogen-bond donors (Lipinski definition) is 3. The minimum atomic E-state index is -0.755. The molecule has 9 heteroatoms. The van der Waals surface area contributed by atoms with Gasteiger partial charge in [-0.05, 0) is 80.1 Å². The van der Waals surface area contributed by atoms with Crippen molar-refractivity contribution in [2.24, 2.45) is 5.92 Å². The Kier molecular flexibility index (Phi) is 6.50. The first-order valence-corrected chi connectivity index (χ1v) is 13.3. The smallest absolute Gasteiger partial charge is 0.254 e. The van der Waals surface area contributed by atoms with Crippen LogP contribution in [0, 0.1) is 17.6 Å². The predicted molar refractivity (Wildman–Crippen MR) is 146 cm³/mol. The van der Waals surface area contributed by atoms with Crippen LogP contribution in [-0.4, -0.2) is 45.3 Å². The van der Waals surface area contributed by atoms with Gasteiger partial charge in [-0.15, -0.1) is 0 Å². The first-order valence-electron chi connectivity index (χ1n) is 13.3. The second-order valence-corrected chi connectivity index (χ2v) is 10.5. The van der Waals surface area contributed by atoms with Crippen LogP contribution in [0.4, 0.5) is 20.3 Å². The normalized spacial score (nSPS) is 19.2. The molecular formula is C30H29F2N5O2. The number of benzene rings is 2. The first kappa shape index (κ1) is 25.0. The lowest BCUT2D eigenvalue weighted by Gasteiger charge is -2.38. The van der Waals surface area contributed by atoms with Crippen LogP contribution in [0.15, 0.2) is 60.8 Å². The van der Waals surface area contributed by atoms with Crippen LogP contribution in [0.5, 0.6) is 0 Å². The third-order valence-corrected chi connectivity index (χ3v) is 7.54. The number of amides is 2. The molecule has 2 aromatic carbocycles. The van der Waals surface area contributed by atoms with Gasteiger partial charge in [0.05, 0.1) is 0 Å². The zero-order chi connectivity index (χ0) is 27.1. The van der Waals surface area contributed by atoms with E-state index < -0.39 is 11.6 Å². The standard InChI is InChI=1S/C30H29F2N5O2/c1-17-12-24(9-11-37(17)30(39)20-13-21(31)15-22(32)14-20)34-23-6-4-18(5-7-23)26-16-27(36-29(38)19-2-3-19)35-28-25(26)8-10-33-28/h4-8,10,13-17,19,24,34H,2-3,9,11-12H2,1H3,(H2,33,35,36,38). The summed E-state index contributed by atoms with van der Waals surface area (Å²) in [5.41, 5.74) is 3.70. The van der Waals surface area contributed by atoms with Gasteiger partial charge < -0.3 is 20.5 Å². The highest BCUT2D eigenvalue weighted by Crippen LogP contribution is 2.33. The van der Waals surface area contributed by atoms with Gasteiger partial charge in [0.15, 0.2) is 0 Å². The summed E-state index contributed by atoms with van der Waals surface area (Å²) in [6, 6.07) is 15.0. The van der Waals surface area contributed by atoms with E-state index in [1.165, 1.54) is 0 Å². The molecule has 2 aliphatic rings. The highest BCUT2D eigenvalue weighted by Gasteiger charge is 2.31. The summed E-state index contributed by atoms with van der Waals surface area (Å²) >= 11 is 0. The van der Waals surface area contributed by atoms with Crippen LogP contribution in [0.25, 0.3) is 22.2 Å². The predicted octanol–water partition coefficient (Wildman–Crippen LogP) is 5.96. The van der Waals surface area contributed by atoms with Crippen LogP contribution in [-0.2, 0) is 4.79 Å². The molecule has 2 atom stereocenters. The van der Waals surface area contributed by atoms with Crippen molar-refractivity contribution in [2.75, 3.05) is 17.2 Å². The molecule has 1 aliphatic heterocycles. The number of nitrogens with zero attached hydrogens (tertiary/aromatic N) is 2. The highest BCUT2D eigenvalue weighted by molar-refractivity contribution is 5.99. The Balaban J connectivity index is 1.13. The summed E-state index contributed by atoms with van der Waals surface area (Å²) in [5.74, 6) is -1.22. The molecule has 2 unspecified atom stereocenters. The third-order valence-electron chi connectivity index (χ3n) is 7.54. The molecule has 3 heterocycles. The monoisotopic (exact) mass is 529 g/mol. The quantitative estimate of drug-likeness (QED) is 0.287. The van der Waals surface area contributed by atoms with Crippen molar-refractivity contribution in [1.82, 2.24) is 14.9 Å². The summed E-state index contributed by atoms with van der Waals surface area (Å²) in [7, 11) is 0. The maximum atomic E-state index is 13.6. The van der Waals surface area contributed by atoms with Crippen molar-refractivity contribution < 1.29 is 18.4 Å². The van der Waals surface area contributed by atoms with Crippen molar-refractivity contribution in [3.8, 4) is 11.1 Å². The largest absolute Gasteiger partial charge is 0.382 e. The van der Waals surface area contributed by atoms with Crippen LogP contribution in [0.3, 0.4) is 0 Å². The Labute approximate surface area is 224 Å². The average molecular weight is 530 g/mol. The highest BCUT2D eigenvalue weighted by atomic mass is 19.1. The Morgan fingerprint density at radius 2 is 1.74 bits per heavy atom. The van der Waals surface area contributed by atoms with E-state index in [9.17, 15) is 18.4 Å². The number of anilines is 2. The molecule has 1 saturated carbocycles. The van der Waals surface area contributed by atoms with E-state index in [2.05, 4.69) is 20.6 Å². The van der Waals surface area contributed by atoms with Crippen molar-refractivity contribution >= 4 is 34.4 Å². The lowest BCUT2D eigenvalue weighted by Crippen LogP contribution is -2.48. The number of halogens is 2. The van der Waals surface area contributed by atoms with Gasteiger partial charge in [0.25, 0.3) is 5.91 Å². The number of piperidine rings is 1. The Morgan fingerprint density at radius 3 is 2.44 bits per heavy atom. The van der Waals surface area contributed by atoms with Crippen LogP contribution >= 0.6 is 0 Å². The number of pyridine rings is 1. The van der Waals surface area contributed by atoms with Gasteiger partial charge >= 0.3 is 0 Å². The lowest BCUT2D eigenvalue weighted by molar-refractivity contribution is -0.117. The number of H-pyrrole nitrogens is 1. The average Bonchev–Trinajstić information content (AvgIpc) is 3.66. The number of carbonyl (C=O) groups is 2. The minimum Gasteiger partial charge on any atom is -0.382 e. The molecule has 3 N–H and O–H groups in total. The zero-order valence-corrected chi connectivity index (χ0v) is 21.5. The number of aromatic amines is 1. The van der Waals surface area contributed by atoms with Gasteiger partial charge in [0.1, 0.15) is 23.1 Å². The molecule has 0 bridgehead atoms.